The summed E-state index contributed by atoms with van der Waals surface area (Å²) < 4.78 is 5.40. The van der Waals surface area contributed by atoms with Gasteiger partial charge < -0.3 is 10.3 Å². The molecule has 0 amide bonds. The predicted molar refractivity (Wildman–Crippen MR) is 87.1 cm³/mol. The van der Waals surface area contributed by atoms with E-state index in [1.807, 2.05) is 36.9 Å². The number of hydrogen-bond donors (Lipinski definition) is 1. The SMILES string of the molecule is Cc1c(N)cccc1-c1nc(CSC2CCCCC2)no1. The van der Waals surface area contributed by atoms with Gasteiger partial charge in [-0.15, -0.1) is 0 Å². The van der Waals surface area contributed by atoms with E-state index in [0.717, 1.165) is 33.6 Å². The van der Waals surface area contributed by atoms with Crippen LogP contribution in [-0.4, -0.2) is 15.4 Å². The summed E-state index contributed by atoms with van der Waals surface area (Å²) in [4.78, 5) is 4.51. The lowest BCUT2D eigenvalue weighted by Crippen LogP contribution is -2.08. The molecule has 0 saturated heterocycles. The Labute approximate surface area is 129 Å². The number of benzene rings is 1. The number of nitrogens with two attached hydrogens (primary N) is 1. The van der Waals surface area contributed by atoms with Crippen molar-refractivity contribution < 1.29 is 4.52 Å². The van der Waals surface area contributed by atoms with Gasteiger partial charge in [0.05, 0.1) is 5.75 Å². The lowest BCUT2D eigenvalue weighted by Gasteiger charge is -2.19. The molecule has 1 aliphatic rings. The molecule has 0 radical (unpaired) electrons. The van der Waals surface area contributed by atoms with Crippen LogP contribution >= 0.6 is 11.8 Å². The van der Waals surface area contributed by atoms with Crippen molar-refractivity contribution in [3.8, 4) is 11.5 Å². The van der Waals surface area contributed by atoms with Gasteiger partial charge in [0.2, 0.25) is 0 Å². The summed E-state index contributed by atoms with van der Waals surface area (Å²) in [6, 6.07) is 5.77. The third-order valence-electron chi connectivity index (χ3n) is 4.07. The molecular formula is C16H21N3OS. The molecule has 1 aromatic heterocycles. The van der Waals surface area contributed by atoms with Gasteiger partial charge in [-0.3, -0.25) is 0 Å². The quantitative estimate of drug-likeness (QED) is 0.858. The van der Waals surface area contributed by atoms with Gasteiger partial charge in [0.15, 0.2) is 5.82 Å². The molecule has 0 atom stereocenters. The first-order valence-electron chi connectivity index (χ1n) is 7.53. The minimum Gasteiger partial charge on any atom is -0.398 e. The van der Waals surface area contributed by atoms with Crippen LogP contribution in [0.2, 0.25) is 0 Å². The maximum Gasteiger partial charge on any atom is 0.258 e. The molecule has 2 N–H and O–H groups in total. The van der Waals surface area contributed by atoms with E-state index >= 15 is 0 Å². The second-order valence-electron chi connectivity index (χ2n) is 5.61. The van der Waals surface area contributed by atoms with E-state index in [-0.39, 0.29) is 0 Å². The summed E-state index contributed by atoms with van der Waals surface area (Å²) in [5.41, 5.74) is 8.60. The Hall–Kier alpha value is -1.49. The van der Waals surface area contributed by atoms with E-state index in [0.29, 0.717) is 5.89 Å². The Kier molecular flexibility index (Phi) is 4.48. The fraction of sp³-hybridized carbons (Fsp3) is 0.500. The number of nitrogen functional groups attached to an aromatic ring is 1. The topological polar surface area (TPSA) is 64.9 Å². The minimum absolute atomic E-state index is 0.569. The van der Waals surface area contributed by atoms with Crippen molar-refractivity contribution in [2.45, 2.75) is 50.0 Å². The van der Waals surface area contributed by atoms with Crippen LogP contribution in [0.3, 0.4) is 0 Å². The maximum absolute atomic E-state index is 5.93. The third-order valence-corrected chi connectivity index (χ3v) is 5.44. The molecular weight excluding hydrogens is 282 g/mol. The van der Waals surface area contributed by atoms with Crippen molar-refractivity contribution in [3.63, 3.8) is 0 Å². The van der Waals surface area contributed by atoms with Gasteiger partial charge >= 0.3 is 0 Å². The zero-order valence-corrected chi connectivity index (χ0v) is 13.2. The van der Waals surface area contributed by atoms with Crippen LogP contribution in [0.15, 0.2) is 22.7 Å². The van der Waals surface area contributed by atoms with Crippen molar-refractivity contribution in [1.29, 1.82) is 0 Å². The highest BCUT2D eigenvalue weighted by Gasteiger charge is 2.16. The molecule has 0 aliphatic heterocycles. The average molecular weight is 303 g/mol. The molecule has 1 aromatic carbocycles. The van der Waals surface area contributed by atoms with Gasteiger partial charge in [0.1, 0.15) is 0 Å². The summed E-state index contributed by atoms with van der Waals surface area (Å²) in [7, 11) is 0. The highest BCUT2D eigenvalue weighted by molar-refractivity contribution is 7.99. The smallest absolute Gasteiger partial charge is 0.258 e. The van der Waals surface area contributed by atoms with Gasteiger partial charge in [0.25, 0.3) is 5.89 Å². The van der Waals surface area contributed by atoms with Crippen LogP contribution in [0, 0.1) is 6.92 Å². The maximum atomic E-state index is 5.93. The molecule has 5 heteroatoms. The predicted octanol–water partition coefficient (Wildman–Crippen LogP) is 4.19. The zero-order valence-electron chi connectivity index (χ0n) is 12.3. The van der Waals surface area contributed by atoms with Crippen molar-refractivity contribution >= 4 is 17.4 Å². The van der Waals surface area contributed by atoms with Crippen LogP contribution in [0.25, 0.3) is 11.5 Å². The highest BCUT2D eigenvalue weighted by Crippen LogP contribution is 2.31. The summed E-state index contributed by atoms with van der Waals surface area (Å²) in [6.45, 7) is 1.98. The van der Waals surface area contributed by atoms with Crippen molar-refractivity contribution in [2.75, 3.05) is 5.73 Å². The van der Waals surface area contributed by atoms with Gasteiger partial charge in [0, 0.05) is 16.5 Å². The number of nitrogens with zero attached hydrogens (tertiary/aromatic N) is 2. The van der Waals surface area contributed by atoms with Crippen molar-refractivity contribution in [1.82, 2.24) is 10.1 Å². The molecule has 3 rings (SSSR count). The summed E-state index contributed by atoms with van der Waals surface area (Å²) in [6.07, 6.45) is 6.75. The number of anilines is 1. The Bertz CT molecular complexity index is 605. The summed E-state index contributed by atoms with van der Waals surface area (Å²) in [5.74, 6) is 2.18. The fourth-order valence-corrected chi connectivity index (χ4v) is 3.90. The van der Waals surface area contributed by atoms with Gasteiger partial charge in [-0.2, -0.15) is 16.7 Å². The van der Waals surface area contributed by atoms with E-state index < -0.39 is 0 Å². The Balaban J connectivity index is 1.67. The van der Waals surface area contributed by atoms with Gasteiger partial charge in [-0.25, -0.2) is 0 Å². The molecule has 0 bridgehead atoms. The minimum atomic E-state index is 0.569. The molecule has 0 spiro atoms. The van der Waals surface area contributed by atoms with E-state index in [1.165, 1.54) is 32.1 Å². The molecule has 112 valence electrons. The largest absolute Gasteiger partial charge is 0.398 e. The van der Waals surface area contributed by atoms with Crippen molar-refractivity contribution in [2.24, 2.45) is 0 Å². The molecule has 2 aromatic rings. The first kappa shape index (κ1) is 14.4. The molecule has 1 heterocycles. The first-order valence-corrected chi connectivity index (χ1v) is 8.58. The fourth-order valence-electron chi connectivity index (χ4n) is 2.73. The molecule has 21 heavy (non-hydrogen) atoms. The first-order chi connectivity index (χ1) is 10.2. The lowest BCUT2D eigenvalue weighted by atomic mass is 10.0. The lowest BCUT2D eigenvalue weighted by molar-refractivity contribution is 0.425. The van der Waals surface area contributed by atoms with Gasteiger partial charge in [-0.1, -0.05) is 30.5 Å². The molecule has 0 unspecified atom stereocenters. The summed E-state index contributed by atoms with van der Waals surface area (Å²) >= 11 is 1.96. The zero-order chi connectivity index (χ0) is 14.7. The number of aromatic nitrogens is 2. The van der Waals surface area contributed by atoms with Crippen LogP contribution in [0.4, 0.5) is 5.69 Å². The van der Waals surface area contributed by atoms with Crippen LogP contribution in [0.1, 0.15) is 43.5 Å². The van der Waals surface area contributed by atoms with Gasteiger partial charge in [-0.05, 0) is 37.5 Å². The number of hydrogen-bond acceptors (Lipinski definition) is 5. The standard InChI is InChI=1S/C16H21N3OS/c1-11-13(8-5-9-14(11)17)16-18-15(19-20-16)10-21-12-6-3-2-4-7-12/h5,8-9,12H,2-4,6-7,10,17H2,1H3. The third kappa shape index (κ3) is 3.40. The van der Waals surface area contributed by atoms with E-state index in [9.17, 15) is 0 Å². The Morgan fingerprint density at radius 2 is 2.10 bits per heavy atom. The Morgan fingerprint density at radius 1 is 1.29 bits per heavy atom. The average Bonchev–Trinajstić information content (AvgIpc) is 2.98. The normalized spacial score (nSPS) is 16.2. The van der Waals surface area contributed by atoms with E-state index in [1.54, 1.807) is 0 Å². The van der Waals surface area contributed by atoms with E-state index in [2.05, 4.69) is 10.1 Å². The molecule has 1 saturated carbocycles. The highest BCUT2D eigenvalue weighted by atomic mass is 32.2. The summed E-state index contributed by atoms with van der Waals surface area (Å²) in [5, 5.41) is 4.86. The second-order valence-corrected chi connectivity index (χ2v) is 6.90. The molecule has 4 nitrogen and oxygen atoms in total. The monoisotopic (exact) mass is 303 g/mol. The van der Waals surface area contributed by atoms with Crippen LogP contribution < -0.4 is 5.73 Å². The second kappa shape index (κ2) is 6.52. The Morgan fingerprint density at radius 3 is 2.90 bits per heavy atom. The van der Waals surface area contributed by atoms with Crippen LogP contribution in [0.5, 0.6) is 0 Å². The van der Waals surface area contributed by atoms with Crippen molar-refractivity contribution in [3.05, 3.63) is 29.6 Å². The number of thioether (sulfide) groups is 1. The molecule has 1 fully saturated rings. The van der Waals surface area contributed by atoms with Crippen LogP contribution in [-0.2, 0) is 5.75 Å². The molecule has 1 aliphatic carbocycles. The van der Waals surface area contributed by atoms with E-state index in [4.69, 9.17) is 10.3 Å². The number of rotatable bonds is 4.